The molecule has 1 atom stereocenters. The smallest absolute Gasteiger partial charge is 0.331 e. The van der Waals surface area contributed by atoms with Crippen molar-refractivity contribution in [1.29, 1.82) is 0 Å². The van der Waals surface area contributed by atoms with E-state index in [0.29, 0.717) is 53.4 Å². The zero-order chi connectivity index (χ0) is 29.3. The lowest BCUT2D eigenvalue weighted by Gasteiger charge is -2.33. The predicted molar refractivity (Wildman–Crippen MR) is 157 cm³/mol. The molecule has 1 aromatic heterocycles. The van der Waals surface area contributed by atoms with E-state index < -0.39 is 0 Å². The minimum absolute atomic E-state index is 0.132. The van der Waals surface area contributed by atoms with Crippen molar-refractivity contribution in [2.45, 2.75) is 65.1 Å². The van der Waals surface area contributed by atoms with Crippen LogP contribution < -0.4 is 27.2 Å². The Morgan fingerprint density at radius 2 is 1.66 bits per heavy atom. The van der Waals surface area contributed by atoms with Crippen LogP contribution in [-0.2, 0) is 11.3 Å². The number of hydrogen-bond donors (Lipinski definition) is 3. The van der Waals surface area contributed by atoms with Crippen LogP contribution in [0.2, 0.25) is 0 Å². The first-order valence-corrected chi connectivity index (χ1v) is 14.1. The molecule has 0 spiro atoms. The number of nitrogens with zero attached hydrogens (tertiary/aromatic N) is 3. The minimum Gasteiger partial charge on any atom is -0.348 e. The summed E-state index contributed by atoms with van der Waals surface area (Å²) in [6, 6.07) is 11.0. The summed E-state index contributed by atoms with van der Waals surface area (Å²) in [5.41, 5.74) is 1.45. The molecule has 2 aromatic carbocycles. The molecular weight excluding hydrogens is 524 g/mol. The molecular formula is C30H36N6O5. The highest BCUT2D eigenvalue weighted by Gasteiger charge is 2.27. The van der Waals surface area contributed by atoms with E-state index in [9.17, 15) is 24.0 Å². The van der Waals surface area contributed by atoms with E-state index in [-0.39, 0.29) is 41.2 Å². The maximum absolute atomic E-state index is 13.3. The number of urea groups is 1. The van der Waals surface area contributed by atoms with Gasteiger partial charge in [0.1, 0.15) is 0 Å². The molecule has 1 aliphatic heterocycles. The van der Waals surface area contributed by atoms with Crippen LogP contribution in [0, 0.1) is 5.92 Å². The van der Waals surface area contributed by atoms with Crippen molar-refractivity contribution >= 4 is 40.1 Å². The molecule has 2 aliphatic rings. The Hall–Kier alpha value is -4.41. The Bertz CT molecular complexity index is 1600. The van der Waals surface area contributed by atoms with Crippen molar-refractivity contribution in [2.24, 2.45) is 5.92 Å². The third-order valence-electron chi connectivity index (χ3n) is 7.59. The normalized spacial score (nSPS) is 17.0. The van der Waals surface area contributed by atoms with Gasteiger partial charge in [0.15, 0.2) is 0 Å². The first-order valence-electron chi connectivity index (χ1n) is 14.1. The maximum Gasteiger partial charge on any atom is 0.331 e. The Morgan fingerprint density at radius 1 is 0.951 bits per heavy atom. The number of benzene rings is 2. The predicted octanol–water partition coefficient (Wildman–Crippen LogP) is 3.54. The summed E-state index contributed by atoms with van der Waals surface area (Å²) in [6.45, 7) is 6.54. The van der Waals surface area contributed by atoms with Crippen molar-refractivity contribution in [2.75, 3.05) is 23.7 Å². The average Bonchev–Trinajstić information content (AvgIpc) is 3.76. The number of anilines is 2. The number of nitrogens with one attached hydrogen (secondary N) is 3. The summed E-state index contributed by atoms with van der Waals surface area (Å²) < 4.78 is 2.97. The number of hydrogen-bond acceptors (Lipinski definition) is 5. The fraction of sp³-hybridized carbons (Fsp3) is 0.433. The fourth-order valence-corrected chi connectivity index (χ4v) is 5.34. The lowest BCUT2D eigenvalue weighted by atomic mass is 10.1. The highest BCUT2D eigenvalue weighted by molar-refractivity contribution is 5.96. The van der Waals surface area contributed by atoms with Gasteiger partial charge in [0.2, 0.25) is 5.91 Å². The van der Waals surface area contributed by atoms with Gasteiger partial charge in [0, 0.05) is 55.6 Å². The lowest BCUT2D eigenvalue weighted by molar-refractivity contribution is -0.114. The molecule has 2 fully saturated rings. The van der Waals surface area contributed by atoms with E-state index in [1.54, 1.807) is 51.9 Å². The summed E-state index contributed by atoms with van der Waals surface area (Å²) in [4.78, 5) is 65.3. The van der Waals surface area contributed by atoms with Gasteiger partial charge in [-0.15, -0.1) is 0 Å². The molecule has 1 saturated carbocycles. The Balaban J connectivity index is 1.28. The average molecular weight is 561 g/mol. The second-order valence-corrected chi connectivity index (χ2v) is 11.3. The second kappa shape index (κ2) is 11.6. The molecule has 3 N–H and O–H groups in total. The Morgan fingerprint density at radius 3 is 2.32 bits per heavy atom. The van der Waals surface area contributed by atoms with Crippen LogP contribution in [-0.4, -0.2) is 51.0 Å². The zero-order valence-electron chi connectivity index (χ0n) is 23.6. The van der Waals surface area contributed by atoms with Crippen molar-refractivity contribution < 1.29 is 14.4 Å². The van der Waals surface area contributed by atoms with Crippen LogP contribution >= 0.6 is 0 Å². The summed E-state index contributed by atoms with van der Waals surface area (Å²) in [7, 11) is 0. The molecule has 0 bridgehead atoms. The molecule has 2 heterocycles. The largest absolute Gasteiger partial charge is 0.348 e. The molecule has 3 aromatic rings. The van der Waals surface area contributed by atoms with Crippen molar-refractivity contribution in [1.82, 2.24) is 19.4 Å². The van der Waals surface area contributed by atoms with Gasteiger partial charge in [-0.2, -0.15) is 0 Å². The van der Waals surface area contributed by atoms with E-state index in [4.69, 9.17) is 0 Å². The quantitative estimate of drug-likeness (QED) is 0.406. The van der Waals surface area contributed by atoms with E-state index >= 15 is 0 Å². The second-order valence-electron chi connectivity index (χ2n) is 11.3. The monoisotopic (exact) mass is 560 g/mol. The van der Waals surface area contributed by atoms with Crippen LogP contribution in [0.1, 0.15) is 62.9 Å². The first kappa shape index (κ1) is 28.1. The minimum atomic E-state index is -0.337. The van der Waals surface area contributed by atoms with Crippen LogP contribution in [0.15, 0.2) is 52.1 Å². The van der Waals surface area contributed by atoms with Crippen LogP contribution in [0.5, 0.6) is 0 Å². The van der Waals surface area contributed by atoms with Gasteiger partial charge >= 0.3 is 11.7 Å². The van der Waals surface area contributed by atoms with Crippen LogP contribution in [0.4, 0.5) is 16.2 Å². The van der Waals surface area contributed by atoms with Gasteiger partial charge in [-0.3, -0.25) is 23.5 Å². The maximum atomic E-state index is 13.3. The topological polar surface area (TPSA) is 135 Å². The number of aromatic nitrogens is 2. The fourth-order valence-electron chi connectivity index (χ4n) is 5.34. The number of amides is 4. The van der Waals surface area contributed by atoms with E-state index in [0.717, 1.165) is 25.7 Å². The number of fused-ring (bicyclic) bond motifs is 1. The summed E-state index contributed by atoms with van der Waals surface area (Å²) in [5, 5.41) is 8.96. The summed E-state index contributed by atoms with van der Waals surface area (Å²) in [6.07, 6.45) is 3.50. The molecule has 0 radical (unpaired) electrons. The Kier molecular flexibility index (Phi) is 7.96. The molecule has 1 saturated heterocycles. The van der Waals surface area contributed by atoms with Gasteiger partial charge < -0.3 is 20.9 Å². The zero-order valence-corrected chi connectivity index (χ0v) is 23.6. The van der Waals surface area contributed by atoms with E-state index in [1.807, 2.05) is 13.8 Å². The van der Waals surface area contributed by atoms with Crippen molar-refractivity contribution in [3.05, 3.63) is 68.9 Å². The molecule has 1 aliphatic carbocycles. The lowest BCUT2D eigenvalue weighted by Crippen LogP contribution is -2.50. The number of piperidine rings is 1. The van der Waals surface area contributed by atoms with Gasteiger partial charge in [0.05, 0.1) is 10.9 Å². The number of carbonyl (C=O) groups excluding carboxylic acids is 3. The van der Waals surface area contributed by atoms with Gasteiger partial charge in [-0.25, -0.2) is 9.59 Å². The summed E-state index contributed by atoms with van der Waals surface area (Å²) in [5.74, 6) is -0.0789. The van der Waals surface area contributed by atoms with Crippen LogP contribution in [0.25, 0.3) is 10.9 Å². The molecule has 0 unspecified atom stereocenters. The van der Waals surface area contributed by atoms with Crippen LogP contribution in [0.3, 0.4) is 0 Å². The SMILES string of the molecule is CC(=O)Nc1ccc(C(=O)N[C@@H]2CCCN(C(=O)Nc3ccc4c(c3)c(=O)n(CC3CC3)c(=O)n4C(C)C)C2)cc1. The van der Waals surface area contributed by atoms with E-state index in [2.05, 4.69) is 16.0 Å². The van der Waals surface area contributed by atoms with Gasteiger partial charge in [-0.1, -0.05) is 0 Å². The molecule has 4 amide bonds. The van der Waals surface area contributed by atoms with Gasteiger partial charge in [-0.05, 0) is 87.9 Å². The van der Waals surface area contributed by atoms with Crippen molar-refractivity contribution in [3.8, 4) is 0 Å². The highest BCUT2D eigenvalue weighted by Crippen LogP contribution is 2.30. The third-order valence-corrected chi connectivity index (χ3v) is 7.59. The molecule has 216 valence electrons. The third kappa shape index (κ3) is 6.34. The molecule has 41 heavy (non-hydrogen) atoms. The van der Waals surface area contributed by atoms with Crippen molar-refractivity contribution in [3.63, 3.8) is 0 Å². The number of rotatable bonds is 7. The number of carbonyl (C=O) groups is 3. The number of likely N-dealkylation sites (tertiary alicyclic amines) is 1. The van der Waals surface area contributed by atoms with Gasteiger partial charge in [0.25, 0.3) is 11.5 Å². The standard InChI is InChI=1S/C30H36N6O5/c1-18(2)36-26-13-12-23(15-25(26)28(39)35(30(36)41)16-20-6-7-20)33-29(40)34-14-4-5-24(17-34)32-27(38)21-8-10-22(11-9-21)31-19(3)37/h8-13,15,18,20,24H,4-7,14,16-17H2,1-3H3,(H,31,37)(H,32,38)(H,33,40)/t24-/m1/s1. The Labute approximate surface area is 237 Å². The summed E-state index contributed by atoms with van der Waals surface area (Å²) >= 11 is 0. The first-order chi connectivity index (χ1) is 19.6. The molecule has 5 rings (SSSR count). The van der Waals surface area contributed by atoms with E-state index in [1.165, 1.54) is 11.5 Å². The molecule has 11 nitrogen and oxygen atoms in total. The highest BCUT2D eigenvalue weighted by atomic mass is 16.2. The molecule has 11 heteroatoms.